The normalized spacial score (nSPS) is 11.7. The number of oxazole rings is 1. The van der Waals surface area contributed by atoms with Gasteiger partial charge in [-0.1, -0.05) is 27.7 Å². The molecule has 0 bridgehead atoms. The number of hydrogen-bond acceptors (Lipinski definition) is 3. The lowest BCUT2D eigenvalue weighted by Gasteiger charge is -2.11. The van der Waals surface area contributed by atoms with E-state index in [0.717, 1.165) is 0 Å². The molecule has 4 heteroatoms. The maximum Gasteiger partial charge on any atom is 0.373 e. The van der Waals surface area contributed by atoms with Crippen LogP contribution in [-0.4, -0.2) is 16.1 Å². The Bertz CT molecular complexity index is 347. The van der Waals surface area contributed by atoms with Crippen molar-refractivity contribution in [3.63, 3.8) is 0 Å². The van der Waals surface area contributed by atoms with Crippen LogP contribution in [-0.2, 0) is 11.8 Å². The Morgan fingerprint density at radius 2 is 2.07 bits per heavy atom. The quantitative estimate of drug-likeness (QED) is 0.789. The Morgan fingerprint density at radius 1 is 1.50 bits per heavy atom. The van der Waals surface area contributed by atoms with E-state index in [-0.39, 0.29) is 11.2 Å². The zero-order chi connectivity index (χ0) is 10.9. The molecule has 0 unspecified atom stereocenters. The van der Waals surface area contributed by atoms with Crippen molar-refractivity contribution >= 4 is 5.97 Å². The van der Waals surface area contributed by atoms with E-state index >= 15 is 0 Å². The second-order valence-electron chi connectivity index (χ2n) is 4.20. The third kappa shape index (κ3) is 1.95. The van der Waals surface area contributed by atoms with E-state index in [0.29, 0.717) is 18.0 Å². The van der Waals surface area contributed by atoms with Crippen LogP contribution in [0.3, 0.4) is 0 Å². The summed E-state index contributed by atoms with van der Waals surface area (Å²) in [5.74, 6) is -0.603. The molecule has 0 atom stereocenters. The van der Waals surface area contributed by atoms with Crippen LogP contribution in [0, 0.1) is 0 Å². The van der Waals surface area contributed by atoms with E-state index in [1.54, 1.807) is 0 Å². The van der Waals surface area contributed by atoms with Gasteiger partial charge in [0.2, 0.25) is 11.7 Å². The standard InChI is InChI=1S/C10H15NO3/c1-5-6-7(8(12)13)14-9(11-6)10(2,3)4/h5H2,1-4H3,(H,12,13). The predicted molar refractivity (Wildman–Crippen MR) is 51.5 cm³/mol. The van der Waals surface area contributed by atoms with Crippen LogP contribution in [0.15, 0.2) is 4.42 Å². The van der Waals surface area contributed by atoms with Gasteiger partial charge in [0.15, 0.2) is 0 Å². The van der Waals surface area contributed by atoms with E-state index in [2.05, 4.69) is 4.98 Å². The molecule has 0 spiro atoms. The molecule has 1 rings (SSSR count). The summed E-state index contributed by atoms with van der Waals surface area (Å²) in [6.45, 7) is 7.66. The molecule has 78 valence electrons. The maximum atomic E-state index is 10.8. The highest BCUT2D eigenvalue weighted by Gasteiger charge is 2.25. The van der Waals surface area contributed by atoms with Crippen LogP contribution in [0.2, 0.25) is 0 Å². The molecule has 14 heavy (non-hydrogen) atoms. The summed E-state index contributed by atoms with van der Waals surface area (Å²) in [7, 11) is 0. The number of rotatable bonds is 2. The third-order valence-electron chi connectivity index (χ3n) is 1.87. The SMILES string of the molecule is CCc1nc(C(C)(C)C)oc1C(=O)O. The molecule has 1 heterocycles. The topological polar surface area (TPSA) is 63.3 Å². The minimum absolute atomic E-state index is 0.0302. The van der Waals surface area contributed by atoms with Gasteiger partial charge in [-0.3, -0.25) is 0 Å². The first-order valence-corrected chi connectivity index (χ1v) is 4.59. The van der Waals surface area contributed by atoms with Crippen LogP contribution in [0.5, 0.6) is 0 Å². The Hall–Kier alpha value is -1.32. The molecule has 1 N–H and O–H groups in total. The Labute approximate surface area is 83.0 Å². The molecular weight excluding hydrogens is 182 g/mol. The summed E-state index contributed by atoms with van der Waals surface area (Å²) in [5, 5.41) is 8.84. The predicted octanol–water partition coefficient (Wildman–Crippen LogP) is 2.23. The van der Waals surface area contributed by atoms with Crippen LogP contribution < -0.4 is 0 Å². The van der Waals surface area contributed by atoms with Gasteiger partial charge in [0.05, 0.1) is 5.69 Å². The summed E-state index contributed by atoms with van der Waals surface area (Å²) in [6.07, 6.45) is 0.571. The number of carbonyl (C=O) groups is 1. The van der Waals surface area contributed by atoms with Crippen LogP contribution in [0.25, 0.3) is 0 Å². The number of nitrogens with zero attached hydrogens (tertiary/aromatic N) is 1. The molecule has 1 aromatic rings. The van der Waals surface area contributed by atoms with Crippen molar-refractivity contribution in [1.29, 1.82) is 0 Å². The van der Waals surface area contributed by atoms with Crippen molar-refractivity contribution < 1.29 is 14.3 Å². The smallest absolute Gasteiger partial charge is 0.373 e. The largest absolute Gasteiger partial charge is 0.475 e. The molecule has 4 nitrogen and oxygen atoms in total. The average molecular weight is 197 g/mol. The van der Waals surface area contributed by atoms with E-state index in [4.69, 9.17) is 9.52 Å². The monoisotopic (exact) mass is 197 g/mol. The van der Waals surface area contributed by atoms with Crippen molar-refractivity contribution in [3.05, 3.63) is 17.3 Å². The van der Waals surface area contributed by atoms with Gasteiger partial charge in [-0.15, -0.1) is 0 Å². The number of hydrogen-bond donors (Lipinski definition) is 1. The number of aromatic nitrogens is 1. The van der Waals surface area contributed by atoms with Crippen molar-refractivity contribution in [2.45, 2.75) is 39.5 Å². The molecule has 1 aromatic heterocycles. The number of carboxylic acids is 1. The Morgan fingerprint density at radius 3 is 2.36 bits per heavy atom. The molecular formula is C10H15NO3. The molecule has 0 aliphatic heterocycles. The number of aryl methyl sites for hydroxylation is 1. The van der Waals surface area contributed by atoms with Crippen LogP contribution in [0.1, 0.15) is 49.8 Å². The van der Waals surface area contributed by atoms with Gasteiger partial charge in [-0.2, -0.15) is 0 Å². The molecule has 0 saturated heterocycles. The van der Waals surface area contributed by atoms with Gasteiger partial charge < -0.3 is 9.52 Å². The van der Waals surface area contributed by atoms with Gasteiger partial charge in [0, 0.05) is 5.41 Å². The maximum absolute atomic E-state index is 10.8. The van der Waals surface area contributed by atoms with Crippen LogP contribution in [0.4, 0.5) is 0 Å². The van der Waals surface area contributed by atoms with E-state index in [9.17, 15) is 4.79 Å². The van der Waals surface area contributed by atoms with Crippen molar-refractivity contribution in [3.8, 4) is 0 Å². The second-order valence-corrected chi connectivity index (χ2v) is 4.20. The van der Waals surface area contributed by atoms with Gasteiger partial charge in [0.1, 0.15) is 0 Å². The summed E-state index contributed by atoms with van der Waals surface area (Å²) >= 11 is 0. The van der Waals surface area contributed by atoms with E-state index in [1.807, 2.05) is 27.7 Å². The summed E-state index contributed by atoms with van der Waals surface area (Å²) in [5.41, 5.74) is 0.264. The number of aromatic carboxylic acids is 1. The first kappa shape index (κ1) is 10.8. The first-order chi connectivity index (χ1) is 6.36. The second kappa shape index (κ2) is 3.44. The highest BCUT2D eigenvalue weighted by molar-refractivity contribution is 5.85. The molecule has 0 aliphatic carbocycles. The molecule has 0 saturated carbocycles. The van der Waals surface area contributed by atoms with Crippen LogP contribution >= 0.6 is 0 Å². The minimum Gasteiger partial charge on any atom is -0.475 e. The van der Waals surface area contributed by atoms with Crippen molar-refractivity contribution in [2.75, 3.05) is 0 Å². The fourth-order valence-electron chi connectivity index (χ4n) is 1.08. The zero-order valence-electron chi connectivity index (χ0n) is 8.92. The van der Waals surface area contributed by atoms with Crippen molar-refractivity contribution in [1.82, 2.24) is 4.98 Å². The molecule has 0 aromatic carbocycles. The summed E-state index contributed by atoms with van der Waals surface area (Å²) in [6, 6.07) is 0. The molecule has 0 fully saturated rings. The highest BCUT2D eigenvalue weighted by Crippen LogP contribution is 2.24. The Kier molecular flexibility index (Phi) is 2.64. The third-order valence-corrected chi connectivity index (χ3v) is 1.87. The van der Waals surface area contributed by atoms with Gasteiger partial charge >= 0.3 is 5.97 Å². The summed E-state index contributed by atoms with van der Waals surface area (Å²) in [4.78, 5) is 15.0. The van der Waals surface area contributed by atoms with Gasteiger partial charge in [0.25, 0.3) is 0 Å². The lowest BCUT2D eigenvalue weighted by molar-refractivity contribution is 0.0657. The fourth-order valence-corrected chi connectivity index (χ4v) is 1.08. The lowest BCUT2D eigenvalue weighted by atomic mass is 9.97. The Balaban J connectivity index is 3.20. The molecule has 0 aliphatic rings. The first-order valence-electron chi connectivity index (χ1n) is 4.59. The lowest BCUT2D eigenvalue weighted by Crippen LogP contribution is -2.11. The number of carboxylic acid groups (broad SMARTS) is 1. The highest BCUT2D eigenvalue weighted by atomic mass is 16.4. The van der Waals surface area contributed by atoms with E-state index in [1.165, 1.54) is 0 Å². The molecule has 0 amide bonds. The molecule has 0 radical (unpaired) electrons. The van der Waals surface area contributed by atoms with Gasteiger partial charge in [-0.05, 0) is 6.42 Å². The van der Waals surface area contributed by atoms with E-state index < -0.39 is 5.97 Å². The van der Waals surface area contributed by atoms with Gasteiger partial charge in [-0.25, -0.2) is 9.78 Å². The summed E-state index contributed by atoms with van der Waals surface area (Å²) < 4.78 is 5.22. The zero-order valence-corrected chi connectivity index (χ0v) is 8.92. The van der Waals surface area contributed by atoms with Crippen molar-refractivity contribution in [2.24, 2.45) is 0 Å². The fraction of sp³-hybridized carbons (Fsp3) is 0.600. The average Bonchev–Trinajstić information content (AvgIpc) is 2.45. The minimum atomic E-state index is -1.05.